The summed E-state index contributed by atoms with van der Waals surface area (Å²) in [5.41, 5.74) is 3.69. The maximum Gasteiger partial charge on any atom is 0.0644 e. The summed E-state index contributed by atoms with van der Waals surface area (Å²) in [4.78, 5) is 0. The van der Waals surface area contributed by atoms with Gasteiger partial charge < -0.3 is 10.4 Å². The number of hydrogen-bond acceptors (Lipinski definition) is 3. The summed E-state index contributed by atoms with van der Waals surface area (Å²) >= 11 is 0. The Hall–Kier alpha value is -0.870. The molecule has 104 valence electrons. The SMILES string of the molecule is Cc1nn(C)c(C)c1C(C)NCCCCCCO. The van der Waals surface area contributed by atoms with Crippen LogP contribution in [-0.4, -0.2) is 28.0 Å². The van der Waals surface area contributed by atoms with Gasteiger partial charge in [0.1, 0.15) is 0 Å². The summed E-state index contributed by atoms with van der Waals surface area (Å²) in [6.07, 6.45) is 4.40. The Kier molecular flexibility index (Phi) is 6.36. The number of nitrogens with zero attached hydrogens (tertiary/aromatic N) is 2. The molecule has 4 heteroatoms. The minimum absolute atomic E-state index is 0.317. The highest BCUT2D eigenvalue weighted by Gasteiger charge is 2.15. The van der Waals surface area contributed by atoms with Gasteiger partial charge in [-0.3, -0.25) is 4.68 Å². The van der Waals surface area contributed by atoms with Crippen LogP contribution in [0.3, 0.4) is 0 Å². The summed E-state index contributed by atoms with van der Waals surface area (Å²) in [6.45, 7) is 7.74. The Labute approximate surface area is 110 Å². The second-order valence-electron chi connectivity index (χ2n) is 5.02. The molecule has 0 fully saturated rings. The molecule has 0 radical (unpaired) electrons. The van der Waals surface area contributed by atoms with E-state index in [0.29, 0.717) is 12.6 Å². The number of aromatic nitrogens is 2. The molecule has 1 aromatic rings. The second kappa shape index (κ2) is 7.54. The average molecular weight is 253 g/mol. The van der Waals surface area contributed by atoms with Gasteiger partial charge >= 0.3 is 0 Å². The van der Waals surface area contributed by atoms with Gasteiger partial charge in [-0.15, -0.1) is 0 Å². The molecule has 0 amide bonds. The van der Waals surface area contributed by atoms with Crippen molar-refractivity contribution in [2.45, 2.75) is 52.5 Å². The molecule has 1 atom stereocenters. The lowest BCUT2D eigenvalue weighted by Gasteiger charge is -2.14. The molecule has 0 aliphatic rings. The van der Waals surface area contributed by atoms with Gasteiger partial charge in [0.25, 0.3) is 0 Å². The van der Waals surface area contributed by atoms with Crippen molar-refractivity contribution in [2.75, 3.05) is 13.2 Å². The molecule has 0 saturated heterocycles. The molecule has 0 aliphatic heterocycles. The van der Waals surface area contributed by atoms with Crippen LogP contribution in [0.2, 0.25) is 0 Å². The molecule has 1 aromatic heterocycles. The standard InChI is InChI=1S/C14H27N3O/c1-11(15-9-7-5-6-8-10-18)14-12(2)16-17(4)13(14)3/h11,15,18H,5-10H2,1-4H3. The first-order chi connectivity index (χ1) is 8.57. The monoisotopic (exact) mass is 253 g/mol. The smallest absolute Gasteiger partial charge is 0.0644 e. The lowest BCUT2D eigenvalue weighted by Crippen LogP contribution is -2.21. The van der Waals surface area contributed by atoms with Gasteiger partial charge in [0, 0.05) is 31.0 Å². The Morgan fingerprint density at radius 1 is 1.22 bits per heavy atom. The first-order valence-electron chi connectivity index (χ1n) is 6.92. The van der Waals surface area contributed by atoms with Gasteiger partial charge in [0.15, 0.2) is 0 Å². The summed E-state index contributed by atoms with van der Waals surface area (Å²) in [5, 5.41) is 16.7. The van der Waals surface area contributed by atoms with Gasteiger partial charge in [0.05, 0.1) is 5.69 Å². The Balaban J connectivity index is 2.34. The Bertz CT molecular complexity index is 360. The third kappa shape index (κ3) is 4.10. The van der Waals surface area contributed by atoms with Gasteiger partial charge in [-0.2, -0.15) is 5.10 Å². The van der Waals surface area contributed by atoms with Gasteiger partial charge in [-0.05, 0) is 40.2 Å². The molecule has 1 rings (SSSR count). The highest BCUT2D eigenvalue weighted by molar-refractivity contribution is 5.27. The molecule has 0 aliphatic carbocycles. The van der Waals surface area contributed by atoms with E-state index in [1.54, 1.807) is 0 Å². The minimum Gasteiger partial charge on any atom is -0.396 e. The normalized spacial score (nSPS) is 12.9. The third-order valence-corrected chi connectivity index (χ3v) is 3.53. The number of aryl methyl sites for hydroxylation is 2. The van der Waals surface area contributed by atoms with Crippen molar-refractivity contribution in [2.24, 2.45) is 7.05 Å². The number of unbranched alkanes of at least 4 members (excludes halogenated alkanes) is 3. The number of nitrogens with one attached hydrogen (secondary N) is 1. The molecule has 1 unspecified atom stereocenters. The molecule has 0 bridgehead atoms. The highest BCUT2D eigenvalue weighted by atomic mass is 16.2. The fraction of sp³-hybridized carbons (Fsp3) is 0.786. The number of rotatable bonds is 8. The first kappa shape index (κ1) is 15.2. The zero-order valence-corrected chi connectivity index (χ0v) is 12.2. The predicted molar refractivity (Wildman–Crippen MR) is 74.7 cm³/mol. The van der Waals surface area contributed by atoms with E-state index in [9.17, 15) is 0 Å². The van der Waals surface area contributed by atoms with Crippen LogP contribution >= 0.6 is 0 Å². The summed E-state index contributed by atoms with van der Waals surface area (Å²) in [5.74, 6) is 0. The highest BCUT2D eigenvalue weighted by Crippen LogP contribution is 2.20. The molecule has 4 nitrogen and oxygen atoms in total. The van der Waals surface area contributed by atoms with E-state index in [1.807, 2.05) is 11.7 Å². The molecular weight excluding hydrogens is 226 g/mol. The Morgan fingerprint density at radius 2 is 1.89 bits per heavy atom. The van der Waals surface area contributed by atoms with Crippen LogP contribution in [0, 0.1) is 13.8 Å². The predicted octanol–water partition coefficient (Wildman–Crippen LogP) is 2.24. The van der Waals surface area contributed by atoms with Gasteiger partial charge in [-0.25, -0.2) is 0 Å². The molecule has 1 heterocycles. The fourth-order valence-electron chi connectivity index (χ4n) is 2.43. The second-order valence-corrected chi connectivity index (χ2v) is 5.02. The summed E-state index contributed by atoms with van der Waals surface area (Å²) in [7, 11) is 1.99. The van der Waals surface area contributed by atoms with Crippen molar-refractivity contribution in [1.29, 1.82) is 0 Å². The van der Waals surface area contributed by atoms with Crippen LogP contribution in [0.4, 0.5) is 0 Å². The van der Waals surface area contributed by atoms with E-state index >= 15 is 0 Å². The average Bonchev–Trinajstić information content (AvgIpc) is 2.58. The minimum atomic E-state index is 0.317. The lowest BCUT2D eigenvalue weighted by atomic mass is 10.1. The molecule has 0 saturated carbocycles. The van der Waals surface area contributed by atoms with Crippen LogP contribution in [0.5, 0.6) is 0 Å². The molecule has 18 heavy (non-hydrogen) atoms. The number of aliphatic hydroxyl groups is 1. The Morgan fingerprint density at radius 3 is 2.44 bits per heavy atom. The molecule has 0 spiro atoms. The van der Waals surface area contributed by atoms with Gasteiger partial charge in [-0.1, -0.05) is 12.8 Å². The van der Waals surface area contributed by atoms with Crippen LogP contribution < -0.4 is 5.32 Å². The van der Waals surface area contributed by atoms with Crippen molar-refractivity contribution in [3.8, 4) is 0 Å². The third-order valence-electron chi connectivity index (χ3n) is 3.53. The zero-order chi connectivity index (χ0) is 13.5. The quantitative estimate of drug-likeness (QED) is 0.699. The zero-order valence-electron chi connectivity index (χ0n) is 12.2. The maximum absolute atomic E-state index is 8.70. The van der Waals surface area contributed by atoms with E-state index in [-0.39, 0.29) is 0 Å². The van der Waals surface area contributed by atoms with Crippen molar-refractivity contribution in [3.05, 3.63) is 17.0 Å². The van der Waals surface area contributed by atoms with Crippen LogP contribution in [-0.2, 0) is 7.05 Å². The largest absolute Gasteiger partial charge is 0.396 e. The van der Waals surface area contributed by atoms with Gasteiger partial charge in [0.2, 0.25) is 0 Å². The fourth-order valence-corrected chi connectivity index (χ4v) is 2.43. The molecule has 0 aromatic carbocycles. The number of aliphatic hydroxyl groups excluding tert-OH is 1. The van der Waals surface area contributed by atoms with E-state index in [0.717, 1.165) is 25.1 Å². The topological polar surface area (TPSA) is 50.1 Å². The van der Waals surface area contributed by atoms with Crippen molar-refractivity contribution < 1.29 is 5.11 Å². The first-order valence-corrected chi connectivity index (χ1v) is 6.92. The van der Waals surface area contributed by atoms with E-state index < -0.39 is 0 Å². The summed E-state index contributed by atoms with van der Waals surface area (Å²) in [6, 6.07) is 0.358. The summed E-state index contributed by atoms with van der Waals surface area (Å²) < 4.78 is 1.95. The van der Waals surface area contributed by atoms with Crippen molar-refractivity contribution in [1.82, 2.24) is 15.1 Å². The van der Waals surface area contributed by atoms with Crippen LogP contribution in [0.25, 0.3) is 0 Å². The van der Waals surface area contributed by atoms with E-state index in [4.69, 9.17) is 5.11 Å². The van der Waals surface area contributed by atoms with Crippen molar-refractivity contribution in [3.63, 3.8) is 0 Å². The van der Waals surface area contributed by atoms with Crippen LogP contribution in [0.1, 0.15) is 55.6 Å². The van der Waals surface area contributed by atoms with E-state index in [2.05, 4.69) is 31.2 Å². The van der Waals surface area contributed by atoms with Crippen LogP contribution in [0.15, 0.2) is 0 Å². The van der Waals surface area contributed by atoms with Crippen molar-refractivity contribution >= 4 is 0 Å². The molecule has 2 N–H and O–H groups in total. The number of hydrogen-bond donors (Lipinski definition) is 2. The molecular formula is C14H27N3O. The van der Waals surface area contributed by atoms with E-state index in [1.165, 1.54) is 24.1 Å². The maximum atomic E-state index is 8.70. The lowest BCUT2D eigenvalue weighted by molar-refractivity contribution is 0.282.